The van der Waals surface area contributed by atoms with Crippen molar-refractivity contribution in [1.82, 2.24) is 29.9 Å². The number of hydrogen-bond acceptors (Lipinski definition) is 9. The number of hydrogen-bond donors (Lipinski definition) is 5. The van der Waals surface area contributed by atoms with Crippen molar-refractivity contribution in [3.05, 3.63) is 18.7 Å². The average Bonchev–Trinajstić information content (AvgIpc) is 3.28. The number of aromatic amines is 1. The average molecular weight is 333 g/mol. The van der Waals surface area contributed by atoms with E-state index in [0.717, 1.165) is 0 Å². The number of ether oxygens (including phenoxy) is 1. The number of anilines is 1. The maximum atomic E-state index is 10.3. The van der Waals surface area contributed by atoms with Gasteiger partial charge in [0.15, 0.2) is 6.23 Å². The van der Waals surface area contributed by atoms with Crippen LogP contribution >= 0.6 is 0 Å². The highest BCUT2D eigenvalue weighted by Gasteiger charge is 2.44. The summed E-state index contributed by atoms with van der Waals surface area (Å²) in [5, 5.41) is 40.4. The summed E-state index contributed by atoms with van der Waals surface area (Å²) in [6.07, 6.45) is 0.177. The summed E-state index contributed by atoms with van der Waals surface area (Å²) in [6, 6.07) is 0. The first-order valence-corrected chi connectivity index (χ1v) is 7.21. The molecule has 3 aromatic rings. The van der Waals surface area contributed by atoms with Gasteiger partial charge in [0.05, 0.1) is 18.2 Å². The lowest BCUT2D eigenvalue weighted by molar-refractivity contribution is -0.0508. The minimum Gasteiger partial charge on any atom is -0.394 e. The molecule has 0 aromatic carbocycles. The van der Waals surface area contributed by atoms with Gasteiger partial charge in [0, 0.05) is 11.8 Å². The Hall–Kier alpha value is -2.60. The number of aromatic nitrogens is 6. The fourth-order valence-electron chi connectivity index (χ4n) is 2.94. The van der Waals surface area contributed by atoms with E-state index in [4.69, 9.17) is 10.5 Å². The molecule has 126 valence electrons. The zero-order chi connectivity index (χ0) is 16.8. The first kappa shape index (κ1) is 15.0. The van der Waals surface area contributed by atoms with Gasteiger partial charge in [-0.1, -0.05) is 0 Å². The molecule has 4 atom stereocenters. The molecule has 0 aliphatic carbocycles. The third-order valence-electron chi connectivity index (χ3n) is 4.12. The third kappa shape index (κ3) is 2.06. The smallest absolute Gasteiger partial charge is 0.164 e. The molecule has 1 fully saturated rings. The molecular weight excluding hydrogens is 318 g/mol. The van der Waals surface area contributed by atoms with E-state index in [9.17, 15) is 15.3 Å². The van der Waals surface area contributed by atoms with Crippen LogP contribution in [0, 0.1) is 0 Å². The second kappa shape index (κ2) is 5.49. The lowest BCUT2D eigenvalue weighted by Crippen LogP contribution is -2.33. The lowest BCUT2D eigenvalue weighted by atomic mass is 10.1. The number of nitrogens with two attached hydrogens (primary N) is 1. The van der Waals surface area contributed by atoms with E-state index in [1.807, 2.05) is 0 Å². The molecule has 4 rings (SSSR count). The molecule has 11 heteroatoms. The van der Waals surface area contributed by atoms with Crippen LogP contribution in [0.1, 0.15) is 6.23 Å². The largest absolute Gasteiger partial charge is 0.394 e. The van der Waals surface area contributed by atoms with Crippen molar-refractivity contribution >= 4 is 16.9 Å². The maximum Gasteiger partial charge on any atom is 0.164 e. The van der Waals surface area contributed by atoms with Gasteiger partial charge in [-0.15, -0.1) is 0 Å². The Labute approximate surface area is 134 Å². The van der Waals surface area contributed by atoms with Crippen molar-refractivity contribution in [3.8, 4) is 11.3 Å². The van der Waals surface area contributed by atoms with Crippen LogP contribution in [0.15, 0.2) is 18.7 Å². The van der Waals surface area contributed by atoms with Crippen LogP contribution in [0.5, 0.6) is 0 Å². The predicted molar refractivity (Wildman–Crippen MR) is 80.3 cm³/mol. The molecule has 1 aliphatic heterocycles. The third-order valence-corrected chi connectivity index (χ3v) is 4.12. The van der Waals surface area contributed by atoms with Crippen molar-refractivity contribution in [2.75, 3.05) is 12.3 Å². The van der Waals surface area contributed by atoms with Gasteiger partial charge in [-0.3, -0.25) is 0 Å². The number of nitrogens with one attached hydrogen (secondary N) is 1. The first-order valence-electron chi connectivity index (χ1n) is 7.21. The van der Waals surface area contributed by atoms with Gasteiger partial charge in [0.2, 0.25) is 0 Å². The van der Waals surface area contributed by atoms with E-state index in [1.54, 1.807) is 10.8 Å². The molecule has 4 heterocycles. The van der Waals surface area contributed by atoms with Gasteiger partial charge in [-0.2, -0.15) is 15.4 Å². The lowest BCUT2D eigenvalue weighted by Gasteiger charge is -2.17. The van der Waals surface area contributed by atoms with Crippen LogP contribution in [-0.2, 0) is 4.74 Å². The van der Waals surface area contributed by atoms with Crippen molar-refractivity contribution < 1.29 is 20.1 Å². The SMILES string of the molecule is Nc1ncnc2c1c(-c1cn[nH]n1)cn2[C@@H]1O[C@H](CO)C(O)C1O. The van der Waals surface area contributed by atoms with Gasteiger partial charge >= 0.3 is 0 Å². The number of aliphatic hydroxyl groups excluding tert-OH is 3. The van der Waals surface area contributed by atoms with Crippen molar-refractivity contribution in [3.63, 3.8) is 0 Å². The maximum absolute atomic E-state index is 10.3. The van der Waals surface area contributed by atoms with E-state index in [0.29, 0.717) is 22.3 Å². The van der Waals surface area contributed by atoms with Crippen LogP contribution in [0.25, 0.3) is 22.3 Å². The molecule has 1 saturated heterocycles. The number of H-pyrrole nitrogens is 1. The Kier molecular flexibility index (Phi) is 3.42. The van der Waals surface area contributed by atoms with Crippen LogP contribution in [0.2, 0.25) is 0 Å². The van der Waals surface area contributed by atoms with Gasteiger partial charge in [-0.25, -0.2) is 9.97 Å². The molecule has 3 aromatic heterocycles. The summed E-state index contributed by atoms with van der Waals surface area (Å²) in [4.78, 5) is 8.19. The normalized spacial score (nSPS) is 27.1. The van der Waals surface area contributed by atoms with Gasteiger partial charge in [-0.05, 0) is 0 Å². The molecule has 11 nitrogen and oxygen atoms in total. The fourth-order valence-corrected chi connectivity index (χ4v) is 2.94. The molecule has 1 aliphatic rings. The fraction of sp³-hybridized carbons (Fsp3) is 0.385. The Morgan fingerprint density at radius 1 is 1.29 bits per heavy atom. The van der Waals surface area contributed by atoms with Gasteiger partial charge in [0.1, 0.15) is 41.8 Å². The quantitative estimate of drug-likeness (QED) is 0.379. The summed E-state index contributed by atoms with van der Waals surface area (Å²) in [6.45, 7) is -0.415. The minimum atomic E-state index is -1.24. The Bertz CT molecular complexity index is 865. The predicted octanol–water partition coefficient (Wildman–Crippen LogP) is -1.59. The highest BCUT2D eigenvalue weighted by atomic mass is 16.6. The van der Waals surface area contributed by atoms with E-state index in [-0.39, 0.29) is 5.82 Å². The summed E-state index contributed by atoms with van der Waals surface area (Å²) >= 11 is 0. The van der Waals surface area contributed by atoms with Crippen molar-refractivity contribution in [1.29, 1.82) is 0 Å². The van der Waals surface area contributed by atoms with Gasteiger partial charge in [0.25, 0.3) is 0 Å². The van der Waals surface area contributed by atoms with E-state index >= 15 is 0 Å². The molecule has 6 N–H and O–H groups in total. The minimum absolute atomic E-state index is 0.239. The number of nitrogens with zero attached hydrogens (tertiary/aromatic N) is 5. The number of fused-ring (bicyclic) bond motifs is 1. The zero-order valence-corrected chi connectivity index (χ0v) is 12.3. The van der Waals surface area contributed by atoms with E-state index in [2.05, 4.69) is 25.4 Å². The molecule has 0 saturated carbocycles. The number of aliphatic hydroxyl groups is 3. The monoisotopic (exact) mass is 333 g/mol. The summed E-state index contributed by atoms with van der Waals surface area (Å²) in [7, 11) is 0. The van der Waals surface area contributed by atoms with Crippen LogP contribution in [0.3, 0.4) is 0 Å². The Balaban J connectivity index is 1.90. The zero-order valence-electron chi connectivity index (χ0n) is 12.3. The highest BCUT2D eigenvalue weighted by Crippen LogP contribution is 2.37. The summed E-state index contributed by atoms with van der Waals surface area (Å²) in [5.41, 5.74) is 7.51. The summed E-state index contributed by atoms with van der Waals surface area (Å²) < 4.78 is 7.11. The molecule has 24 heavy (non-hydrogen) atoms. The molecule has 0 amide bonds. The number of rotatable bonds is 3. The molecule has 0 spiro atoms. The topological polar surface area (TPSA) is 168 Å². The second-order valence-electron chi connectivity index (χ2n) is 5.49. The van der Waals surface area contributed by atoms with Crippen LogP contribution in [-0.4, -0.2) is 70.2 Å². The van der Waals surface area contributed by atoms with Crippen molar-refractivity contribution in [2.45, 2.75) is 24.5 Å². The molecule has 0 bridgehead atoms. The molecule has 2 unspecified atom stereocenters. The van der Waals surface area contributed by atoms with Gasteiger partial charge < -0.3 is 30.4 Å². The van der Waals surface area contributed by atoms with Crippen LogP contribution in [0.4, 0.5) is 5.82 Å². The summed E-state index contributed by atoms with van der Waals surface area (Å²) in [5.74, 6) is 0.239. The first-order chi connectivity index (χ1) is 11.6. The molecular formula is C13H15N7O4. The van der Waals surface area contributed by atoms with Crippen LogP contribution < -0.4 is 5.73 Å². The van der Waals surface area contributed by atoms with Crippen molar-refractivity contribution in [2.24, 2.45) is 0 Å². The van der Waals surface area contributed by atoms with E-state index in [1.165, 1.54) is 12.5 Å². The Morgan fingerprint density at radius 3 is 2.79 bits per heavy atom. The Morgan fingerprint density at radius 2 is 2.12 bits per heavy atom. The molecule has 0 radical (unpaired) electrons. The second-order valence-corrected chi connectivity index (χ2v) is 5.49. The standard InChI is InChI=1S/C13H15N7O4/c14-11-8-5(6-1-17-19-18-6)2-20(12(8)16-4-15-11)13-10(23)9(22)7(3-21)24-13/h1-2,4,7,9-10,13,21-23H,3H2,(H2,14,15,16)(H,17,18,19)/t7-,9?,10?,13-/m1/s1. The highest BCUT2D eigenvalue weighted by molar-refractivity contribution is 5.99. The number of nitrogen functional groups attached to an aromatic ring is 1. The van der Waals surface area contributed by atoms with E-state index < -0.39 is 31.1 Å².